The molecule has 0 rings (SSSR count). The molecule has 46 valence electrons. The third-order valence-corrected chi connectivity index (χ3v) is 0.407. The van der Waals surface area contributed by atoms with E-state index >= 15 is 0 Å². The van der Waals surface area contributed by atoms with Gasteiger partial charge in [0.05, 0.1) is 0 Å². The third-order valence-electron chi connectivity index (χ3n) is 0.407. The first kappa shape index (κ1) is 10.7. The van der Waals surface area contributed by atoms with Gasteiger partial charge in [0.15, 0.2) is 5.78 Å². The molecule has 3 heteroatoms. The van der Waals surface area contributed by atoms with Gasteiger partial charge in [0.25, 0.3) is 0 Å². The summed E-state index contributed by atoms with van der Waals surface area (Å²) in [6.45, 7) is 2.70. The monoisotopic (exact) mass is 158 g/mol. The normalized spacial score (nSPS) is 10.0. The van der Waals surface area contributed by atoms with Crippen LogP contribution in [0.3, 0.4) is 0 Å². The van der Waals surface area contributed by atoms with Crippen LogP contribution in [0.25, 0.3) is 0 Å². The number of ketones is 1. The van der Waals surface area contributed by atoms with Crippen molar-refractivity contribution in [1.29, 1.82) is 0 Å². The molecule has 0 aliphatic rings. The summed E-state index contributed by atoms with van der Waals surface area (Å²) in [5, 5.41) is 9.98. The minimum Gasteiger partial charge on any atom is -0.876 e. The zero-order valence-electron chi connectivity index (χ0n) is 4.73. The summed E-state index contributed by atoms with van der Waals surface area (Å²) in [5.41, 5.74) is 0. The van der Waals surface area contributed by atoms with E-state index in [-0.39, 0.29) is 28.3 Å². The van der Waals surface area contributed by atoms with Gasteiger partial charge in [-0.15, -0.1) is 5.76 Å². The molecule has 2 nitrogen and oxygen atoms in total. The third kappa shape index (κ3) is 9.21. The Morgan fingerprint density at radius 1 is 1.50 bits per heavy atom. The molecule has 0 heterocycles. The number of carbonyl (C=O) groups excluding carboxylic acids is 1. The van der Waals surface area contributed by atoms with Gasteiger partial charge in [-0.25, -0.2) is 0 Å². The molecule has 0 bridgehead atoms. The van der Waals surface area contributed by atoms with Crippen LogP contribution in [-0.4, -0.2) is 5.78 Å². The quantitative estimate of drug-likeness (QED) is 0.393. The van der Waals surface area contributed by atoms with Gasteiger partial charge in [-0.3, -0.25) is 4.79 Å². The SMILES string of the molecule is CC(=O)/C=C(/C)[O-].[Co+3]. The summed E-state index contributed by atoms with van der Waals surface area (Å²) in [6.07, 6.45) is 1.06. The van der Waals surface area contributed by atoms with Crippen LogP contribution >= 0.6 is 0 Å². The number of hydrogen-bond donors (Lipinski definition) is 0. The van der Waals surface area contributed by atoms with E-state index in [0.29, 0.717) is 0 Å². The maximum Gasteiger partial charge on any atom is 3.00 e. The van der Waals surface area contributed by atoms with E-state index in [1.165, 1.54) is 13.8 Å². The summed E-state index contributed by atoms with van der Waals surface area (Å²) in [4.78, 5) is 9.98. The first-order chi connectivity index (χ1) is 3.13. The Labute approximate surface area is 58.8 Å². The van der Waals surface area contributed by atoms with E-state index < -0.39 is 0 Å². The molecular weight excluding hydrogens is 151 g/mol. The summed E-state index contributed by atoms with van der Waals surface area (Å²) >= 11 is 0. The van der Waals surface area contributed by atoms with Crippen molar-refractivity contribution < 1.29 is 26.7 Å². The average Bonchev–Trinajstić information content (AvgIpc) is 1.27. The molecule has 0 amide bonds. The minimum absolute atomic E-state index is 0. The van der Waals surface area contributed by atoms with Crippen molar-refractivity contribution in [2.45, 2.75) is 13.8 Å². The Kier molecular flexibility index (Phi) is 6.48. The number of rotatable bonds is 1. The Hall–Kier alpha value is -0.284. The van der Waals surface area contributed by atoms with Gasteiger partial charge in [-0.1, -0.05) is 6.92 Å². The number of allylic oxidation sites excluding steroid dienone is 2. The van der Waals surface area contributed by atoms with Gasteiger partial charge in [-0.05, 0) is 13.0 Å². The summed E-state index contributed by atoms with van der Waals surface area (Å²) < 4.78 is 0. The zero-order chi connectivity index (χ0) is 5.86. The topological polar surface area (TPSA) is 40.1 Å². The molecule has 0 aromatic carbocycles. The molecule has 0 aromatic heterocycles. The summed E-state index contributed by atoms with van der Waals surface area (Å²) in [5.74, 6) is -0.375. The zero-order valence-corrected chi connectivity index (χ0v) is 5.77. The maximum absolute atomic E-state index is 9.98. The van der Waals surface area contributed by atoms with Gasteiger partial charge in [0, 0.05) is 0 Å². The standard InChI is InChI=1S/C5H8O2.Co/c1-4(6)3-5(2)7;/h3,6H,1-2H3;/q;+3/p-1/b4-3-;. The molecule has 0 N–H and O–H groups in total. The Morgan fingerprint density at radius 3 is 1.88 bits per heavy atom. The smallest absolute Gasteiger partial charge is 0.876 e. The fourth-order valence-electron chi connectivity index (χ4n) is 0.286. The van der Waals surface area contributed by atoms with Gasteiger partial charge in [0.1, 0.15) is 0 Å². The molecule has 0 saturated heterocycles. The van der Waals surface area contributed by atoms with Crippen molar-refractivity contribution in [1.82, 2.24) is 0 Å². The molecule has 0 aliphatic carbocycles. The average molecular weight is 158 g/mol. The molecule has 0 saturated carbocycles. The van der Waals surface area contributed by atoms with Gasteiger partial charge >= 0.3 is 16.8 Å². The molecule has 0 unspecified atom stereocenters. The van der Waals surface area contributed by atoms with E-state index in [9.17, 15) is 9.90 Å². The Morgan fingerprint density at radius 2 is 1.88 bits per heavy atom. The van der Waals surface area contributed by atoms with Crippen molar-refractivity contribution in [3.63, 3.8) is 0 Å². The number of carbonyl (C=O) groups is 1. The van der Waals surface area contributed by atoms with Crippen molar-refractivity contribution in [3.05, 3.63) is 11.8 Å². The van der Waals surface area contributed by atoms with Crippen LogP contribution in [0.4, 0.5) is 0 Å². The van der Waals surface area contributed by atoms with Crippen molar-refractivity contribution in [3.8, 4) is 0 Å². The molecule has 0 radical (unpaired) electrons. The van der Waals surface area contributed by atoms with E-state index in [0.717, 1.165) is 6.08 Å². The number of hydrogen-bond acceptors (Lipinski definition) is 2. The fourth-order valence-corrected chi connectivity index (χ4v) is 0.286. The van der Waals surface area contributed by atoms with Crippen LogP contribution in [0.1, 0.15) is 13.8 Å². The van der Waals surface area contributed by atoms with Gasteiger partial charge in [-0.2, -0.15) is 0 Å². The van der Waals surface area contributed by atoms with E-state index in [2.05, 4.69) is 0 Å². The van der Waals surface area contributed by atoms with Crippen molar-refractivity contribution in [2.75, 3.05) is 0 Å². The first-order valence-electron chi connectivity index (χ1n) is 1.99. The van der Waals surface area contributed by atoms with Crippen LogP contribution in [0.15, 0.2) is 11.8 Å². The molecule has 0 aromatic rings. The Bertz CT molecular complexity index is 103. The van der Waals surface area contributed by atoms with Crippen LogP contribution in [-0.2, 0) is 21.6 Å². The molecular formula is C5H7CoO2+2. The van der Waals surface area contributed by atoms with Crippen LogP contribution in [0.5, 0.6) is 0 Å². The van der Waals surface area contributed by atoms with E-state index in [1.54, 1.807) is 0 Å². The molecule has 8 heavy (non-hydrogen) atoms. The molecule has 0 fully saturated rings. The largest absolute Gasteiger partial charge is 3.00 e. The Balaban J connectivity index is 0. The van der Waals surface area contributed by atoms with Crippen molar-refractivity contribution in [2.24, 2.45) is 0 Å². The molecule has 0 atom stereocenters. The van der Waals surface area contributed by atoms with E-state index in [4.69, 9.17) is 0 Å². The van der Waals surface area contributed by atoms with Crippen LogP contribution in [0.2, 0.25) is 0 Å². The second-order valence-corrected chi connectivity index (χ2v) is 1.37. The van der Waals surface area contributed by atoms with Crippen molar-refractivity contribution >= 4 is 5.78 Å². The minimum atomic E-state index is -0.187. The summed E-state index contributed by atoms with van der Waals surface area (Å²) in [6, 6.07) is 0. The first-order valence-corrected chi connectivity index (χ1v) is 1.99. The van der Waals surface area contributed by atoms with Gasteiger partial charge < -0.3 is 5.11 Å². The predicted octanol–water partition coefficient (Wildman–Crippen LogP) is -0.163. The fraction of sp³-hybridized carbons (Fsp3) is 0.400. The van der Waals surface area contributed by atoms with Gasteiger partial charge in [0.2, 0.25) is 0 Å². The predicted molar refractivity (Wildman–Crippen MR) is 24.4 cm³/mol. The molecule has 0 spiro atoms. The summed E-state index contributed by atoms with van der Waals surface area (Å²) in [7, 11) is 0. The molecule has 0 aliphatic heterocycles. The van der Waals surface area contributed by atoms with Crippen LogP contribution in [0, 0.1) is 0 Å². The second-order valence-electron chi connectivity index (χ2n) is 1.37. The second kappa shape index (κ2) is 4.87. The van der Waals surface area contributed by atoms with Crippen LogP contribution < -0.4 is 5.11 Å². The van der Waals surface area contributed by atoms with E-state index in [1.807, 2.05) is 0 Å². The maximum atomic E-state index is 9.98.